The van der Waals surface area contributed by atoms with Gasteiger partial charge in [0.15, 0.2) is 5.69 Å². The van der Waals surface area contributed by atoms with Crippen LogP contribution >= 0.6 is 0 Å². The van der Waals surface area contributed by atoms with Crippen molar-refractivity contribution in [1.29, 1.82) is 0 Å². The van der Waals surface area contributed by atoms with Crippen LogP contribution in [0.5, 0.6) is 11.6 Å². The van der Waals surface area contributed by atoms with E-state index >= 15 is 0 Å². The molecule has 0 saturated heterocycles. The first-order valence-electron chi connectivity index (χ1n) is 10.5. The van der Waals surface area contributed by atoms with Gasteiger partial charge in [-0.1, -0.05) is 18.2 Å². The second-order valence-electron chi connectivity index (χ2n) is 7.43. The maximum absolute atomic E-state index is 13.0. The van der Waals surface area contributed by atoms with Crippen LogP contribution in [0, 0.1) is 6.92 Å². The molecule has 0 aliphatic heterocycles. The Kier molecular flexibility index (Phi) is 6.05. The van der Waals surface area contributed by atoms with Gasteiger partial charge in [-0.05, 0) is 50.2 Å². The Balaban J connectivity index is 1.80. The van der Waals surface area contributed by atoms with Crippen LogP contribution in [0.3, 0.4) is 0 Å². The van der Waals surface area contributed by atoms with Gasteiger partial charge >= 0.3 is 5.69 Å². The average molecular weight is 461 g/mol. The fourth-order valence-electron chi connectivity index (χ4n) is 3.58. The molecule has 0 saturated carbocycles. The van der Waals surface area contributed by atoms with Gasteiger partial charge in [-0.3, -0.25) is 19.3 Å². The zero-order chi connectivity index (χ0) is 24.4. The highest BCUT2D eigenvalue weighted by Gasteiger charge is 2.17. The van der Waals surface area contributed by atoms with Crippen molar-refractivity contribution in [3.63, 3.8) is 0 Å². The van der Waals surface area contributed by atoms with Crippen LogP contribution in [0.2, 0.25) is 0 Å². The zero-order valence-corrected chi connectivity index (χ0v) is 18.8. The molecule has 0 unspecified atom stereocenters. The molecule has 2 heterocycles. The maximum Gasteiger partial charge on any atom is 0.335 e. The van der Waals surface area contributed by atoms with Crippen molar-refractivity contribution < 1.29 is 9.84 Å². The van der Waals surface area contributed by atoms with E-state index in [9.17, 15) is 19.5 Å². The number of nitrogens with one attached hydrogen (secondary N) is 1. The molecule has 0 aliphatic rings. The van der Waals surface area contributed by atoms with Gasteiger partial charge < -0.3 is 9.84 Å². The third kappa shape index (κ3) is 3.96. The minimum Gasteiger partial charge on any atom is -0.494 e. The molecular weight excluding hydrogens is 438 g/mol. The van der Waals surface area contributed by atoms with Crippen molar-refractivity contribution in [2.45, 2.75) is 13.8 Å². The lowest BCUT2D eigenvalue weighted by Crippen LogP contribution is -2.31. The molecule has 2 aromatic carbocycles. The Morgan fingerprint density at radius 1 is 1.03 bits per heavy atom. The number of aliphatic imine (C=N–C) groups is 1. The Bertz CT molecular complexity index is 1540. The highest BCUT2D eigenvalue weighted by Crippen LogP contribution is 2.20. The topological polar surface area (TPSA) is 124 Å². The predicted octanol–water partition coefficient (Wildman–Crippen LogP) is 2.18. The molecule has 0 aliphatic carbocycles. The van der Waals surface area contributed by atoms with E-state index in [4.69, 9.17) is 4.74 Å². The van der Waals surface area contributed by atoms with Crippen molar-refractivity contribution in [3.8, 4) is 23.0 Å². The van der Waals surface area contributed by atoms with Crippen LogP contribution in [0.25, 0.3) is 11.4 Å². The second-order valence-corrected chi connectivity index (χ2v) is 7.43. The summed E-state index contributed by atoms with van der Waals surface area (Å²) in [4.78, 5) is 44.3. The number of hydrogen-bond donors (Lipinski definition) is 2. The van der Waals surface area contributed by atoms with Gasteiger partial charge in [0.2, 0.25) is 5.88 Å². The number of para-hydroxylation sites is 1. The van der Waals surface area contributed by atoms with E-state index in [1.165, 1.54) is 4.68 Å². The van der Waals surface area contributed by atoms with Crippen LogP contribution in [0.4, 0.5) is 5.69 Å². The molecule has 0 bridgehead atoms. The lowest BCUT2D eigenvalue weighted by molar-refractivity contribution is 0.340. The van der Waals surface area contributed by atoms with Gasteiger partial charge in [0.1, 0.15) is 11.3 Å². The van der Waals surface area contributed by atoms with E-state index in [0.717, 1.165) is 10.8 Å². The van der Waals surface area contributed by atoms with Gasteiger partial charge in [-0.15, -0.1) is 0 Å². The molecule has 0 amide bonds. The molecular formula is C24H23N5O5. The predicted molar refractivity (Wildman–Crippen MR) is 128 cm³/mol. The van der Waals surface area contributed by atoms with Crippen molar-refractivity contribution in [1.82, 2.24) is 18.9 Å². The minimum absolute atomic E-state index is 0.101. The molecule has 2 aromatic heterocycles. The quantitative estimate of drug-likeness (QED) is 0.426. The second kappa shape index (κ2) is 9.10. The van der Waals surface area contributed by atoms with Gasteiger partial charge in [-0.2, -0.15) is 0 Å². The van der Waals surface area contributed by atoms with Crippen molar-refractivity contribution in [2.75, 3.05) is 6.61 Å². The Hall–Kier alpha value is -4.60. The number of benzene rings is 2. The summed E-state index contributed by atoms with van der Waals surface area (Å²) in [6, 6.07) is 15.5. The first kappa shape index (κ1) is 22.6. The number of H-pyrrole nitrogens is 1. The van der Waals surface area contributed by atoms with E-state index < -0.39 is 22.7 Å². The summed E-state index contributed by atoms with van der Waals surface area (Å²) in [7, 11) is 1.72. The van der Waals surface area contributed by atoms with E-state index in [1.807, 2.05) is 25.1 Å². The van der Waals surface area contributed by atoms with E-state index in [2.05, 4.69) is 9.98 Å². The summed E-state index contributed by atoms with van der Waals surface area (Å²) >= 11 is 0. The number of hydrogen-bond acceptors (Lipinski definition) is 6. The SMILES string of the molecule is CCOc1ccc(-n2c(O)c(C=Nc3c(C)n(C)n(-c4ccccc4)c3=O)c(=O)[nH]c2=O)cc1. The standard InChI is InChI=1S/C24H23N5O5/c1-4-34-18-12-10-16(11-13-18)28-22(31)19(21(30)26-24(28)33)14-25-20-15(2)27(3)29(23(20)32)17-8-6-5-7-9-17/h5-14,31H,4H2,1-3H3,(H,26,30,33). The third-order valence-electron chi connectivity index (χ3n) is 5.37. The number of aromatic nitrogens is 4. The van der Waals surface area contributed by atoms with Gasteiger partial charge in [0.05, 0.1) is 23.7 Å². The van der Waals surface area contributed by atoms with Crippen LogP contribution in [0.1, 0.15) is 18.2 Å². The van der Waals surface area contributed by atoms with Crippen LogP contribution < -0.4 is 21.5 Å². The number of nitrogens with zero attached hydrogens (tertiary/aromatic N) is 4. The molecule has 10 nitrogen and oxygen atoms in total. The largest absolute Gasteiger partial charge is 0.494 e. The fraction of sp³-hybridized carbons (Fsp3) is 0.167. The number of aromatic amines is 1. The summed E-state index contributed by atoms with van der Waals surface area (Å²) in [5.74, 6) is -0.00197. The van der Waals surface area contributed by atoms with Gasteiger partial charge in [0.25, 0.3) is 11.1 Å². The molecule has 0 fully saturated rings. The molecule has 4 aromatic rings. The summed E-state index contributed by atoms with van der Waals surface area (Å²) in [5, 5.41) is 10.8. The number of aromatic hydroxyl groups is 1. The molecule has 174 valence electrons. The number of ether oxygens (including phenoxy) is 1. The first-order chi connectivity index (χ1) is 16.3. The highest BCUT2D eigenvalue weighted by atomic mass is 16.5. The molecule has 0 atom stereocenters. The van der Waals surface area contributed by atoms with Crippen LogP contribution in [-0.4, -0.2) is 36.8 Å². The zero-order valence-electron chi connectivity index (χ0n) is 18.8. The first-order valence-corrected chi connectivity index (χ1v) is 10.5. The molecule has 4 rings (SSSR count). The summed E-state index contributed by atoms with van der Waals surface area (Å²) in [6.07, 6.45) is 1.08. The van der Waals surface area contributed by atoms with E-state index in [0.29, 0.717) is 29.4 Å². The molecule has 34 heavy (non-hydrogen) atoms. The average Bonchev–Trinajstić information content (AvgIpc) is 3.03. The van der Waals surface area contributed by atoms with Crippen LogP contribution in [-0.2, 0) is 7.05 Å². The Labute approximate surface area is 193 Å². The van der Waals surface area contributed by atoms with Crippen molar-refractivity contribution >= 4 is 11.9 Å². The third-order valence-corrected chi connectivity index (χ3v) is 5.37. The Morgan fingerprint density at radius 3 is 2.35 bits per heavy atom. The smallest absolute Gasteiger partial charge is 0.335 e. The van der Waals surface area contributed by atoms with Crippen LogP contribution in [0.15, 0.2) is 74.0 Å². The normalized spacial score (nSPS) is 11.3. The summed E-state index contributed by atoms with van der Waals surface area (Å²) < 4.78 is 9.43. The van der Waals surface area contributed by atoms with E-state index in [-0.39, 0.29) is 11.3 Å². The highest BCUT2D eigenvalue weighted by molar-refractivity contribution is 5.84. The minimum atomic E-state index is -0.828. The molecule has 10 heteroatoms. The van der Waals surface area contributed by atoms with E-state index in [1.54, 1.807) is 55.1 Å². The summed E-state index contributed by atoms with van der Waals surface area (Å²) in [5.41, 5.74) is -0.662. The summed E-state index contributed by atoms with van der Waals surface area (Å²) in [6.45, 7) is 4.05. The number of rotatable bonds is 6. The monoisotopic (exact) mass is 461 g/mol. The molecule has 2 N–H and O–H groups in total. The lowest BCUT2D eigenvalue weighted by Gasteiger charge is -2.10. The molecule has 0 spiro atoms. The van der Waals surface area contributed by atoms with Crippen molar-refractivity contribution in [2.24, 2.45) is 12.0 Å². The van der Waals surface area contributed by atoms with Crippen molar-refractivity contribution in [3.05, 3.63) is 97.0 Å². The maximum atomic E-state index is 13.0. The van der Waals surface area contributed by atoms with Gasteiger partial charge in [0, 0.05) is 13.3 Å². The lowest BCUT2D eigenvalue weighted by atomic mass is 10.2. The molecule has 0 radical (unpaired) electrons. The fourth-order valence-corrected chi connectivity index (χ4v) is 3.58. The Morgan fingerprint density at radius 2 is 1.71 bits per heavy atom. The van der Waals surface area contributed by atoms with Gasteiger partial charge in [-0.25, -0.2) is 19.0 Å².